The summed E-state index contributed by atoms with van der Waals surface area (Å²) in [6.07, 6.45) is 1.66. The number of aliphatic carboxylic acids is 2. The Morgan fingerprint density at radius 1 is 1.14 bits per heavy atom. The molecule has 2 aromatic rings. The monoisotopic (exact) mass is 425 g/mol. The number of fused-ring (bicyclic) bond motifs is 3. The minimum atomic E-state index is -2.27. The minimum Gasteiger partial charge on any atom is -0.479 e. The smallest absolute Gasteiger partial charge is 0.335 e. The number of hydrogen-bond donors (Lipinski definition) is 5. The first-order chi connectivity index (χ1) is 13.3. The van der Waals surface area contributed by atoms with Crippen LogP contribution in [0.4, 0.5) is 0 Å². The first-order valence-electron chi connectivity index (χ1n) is 8.73. The van der Waals surface area contributed by atoms with Crippen molar-refractivity contribution in [1.29, 1.82) is 0 Å². The number of thiophene rings is 1. The molecule has 1 aromatic heterocycles. The van der Waals surface area contributed by atoms with E-state index in [1.807, 2.05) is 23.5 Å². The van der Waals surface area contributed by atoms with Crippen LogP contribution in [0.3, 0.4) is 0 Å². The van der Waals surface area contributed by atoms with Crippen LogP contribution in [0.15, 0.2) is 30.3 Å². The van der Waals surface area contributed by atoms with Crippen molar-refractivity contribution in [3.8, 4) is 0 Å². The van der Waals surface area contributed by atoms with Crippen molar-refractivity contribution >= 4 is 50.5 Å². The van der Waals surface area contributed by atoms with Crippen molar-refractivity contribution in [2.24, 2.45) is 0 Å². The molecule has 0 aliphatic carbocycles. The van der Waals surface area contributed by atoms with Gasteiger partial charge in [0.15, 0.2) is 12.2 Å². The zero-order valence-corrected chi connectivity index (χ0v) is 16.3. The second-order valence-electron chi connectivity index (χ2n) is 6.78. The lowest BCUT2D eigenvalue weighted by molar-refractivity contribution is -0.165. The summed E-state index contributed by atoms with van der Waals surface area (Å²) >= 11 is 8.09. The van der Waals surface area contributed by atoms with E-state index < -0.39 is 24.1 Å². The summed E-state index contributed by atoms with van der Waals surface area (Å²) in [4.78, 5) is 20.9. The number of carboxylic acids is 2. The van der Waals surface area contributed by atoms with Gasteiger partial charge in [-0.1, -0.05) is 29.8 Å². The molecular formula is C19H20ClNO6S. The largest absolute Gasteiger partial charge is 0.479 e. The summed E-state index contributed by atoms with van der Waals surface area (Å²) in [5.41, 5.74) is 1.51. The standard InChI is InChI=1S/C15H14ClNS.C4H6O6/c16-13-3-1-2-9-8-14(18-15(9)13)10-6-11-4-5-12(7-10)17-11;5-1(3(7)8)2(6)4(9)10/h1-3,6,8,11-12,17H,4-5,7H2;1-2,5-6H,(H,7,8)(H,9,10)/t;1-,2-/m.1/s1. The number of carboxylic acid groups (broad SMARTS) is 2. The molecule has 3 heterocycles. The molecule has 2 bridgehead atoms. The molecule has 0 amide bonds. The first-order valence-corrected chi connectivity index (χ1v) is 9.92. The second kappa shape index (κ2) is 8.59. The third kappa shape index (κ3) is 4.53. The summed E-state index contributed by atoms with van der Waals surface area (Å²) in [6, 6.07) is 9.74. The van der Waals surface area contributed by atoms with E-state index in [0.717, 1.165) is 5.02 Å². The molecule has 2 unspecified atom stereocenters. The summed E-state index contributed by atoms with van der Waals surface area (Å²) in [6.45, 7) is 0. The topological polar surface area (TPSA) is 127 Å². The molecule has 5 N–H and O–H groups in total. The molecule has 28 heavy (non-hydrogen) atoms. The number of aliphatic hydroxyl groups is 2. The van der Waals surface area contributed by atoms with Crippen LogP contribution in [0, 0.1) is 0 Å². The number of rotatable bonds is 4. The summed E-state index contributed by atoms with van der Waals surface area (Å²) in [5.74, 6) is -3.54. The van der Waals surface area contributed by atoms with Crippen molar-refractivity contribution in [1.82, 2.24) is 5.32 Å². The lowest BCUT2D eigenvalue weighted by Crippen LogP contribution is -2.39. The molecule has 1 fully saturated rings. The lowest BCUT2D eigenvalue weighted by atomic mass is 10.0. The number of hydrogen-bond acceptors (Lipinski definition) is 6. The highest BCUT2D eigenvalue weighted by Gasteiger charge is 2.30. The third-order valence-electron chi connectivity index (χ3n) is 4.76. The Kier molecular flexibility index (Phi) is 6.36. The molecular weight excluding hydrogens is 406 g/mol. The van der Waals surface area contributed by atoms with Crippen molar-refractivity contribution in [2.75, 3.05) is 0 Å². The van der Waals surface area contributed by atoms with E-state index in [-0.39, 0.29) is 0 Å². The Balaban J connectivity index is 0.000000195. The fraction of sp³-hybridized carbons (Fsp3) is 0.368. The van der Waals surface area contributed by atoms with Crippen LogP contribution in [0.5, 0.6) is 0 Å². The van der Waals surface area contributed by atoms with E-state index in [1.165, 1.54) is 39.8 Å². The van der Waals surface area contributed by atoms with Gasteiger partial charge in [-0.25, -0.2) is 9.59 Å². The predicted octanol–water partition coefficient (Wildman–Crippen LogP) is 2.34. The highest BCUT2D eigenvalue weighted by Crippen LogP contribution is 2.39. The molecule has 7 nitrogen and oxygen atoms in total. The van der Waals surface area contributed by atoms with Gasteiger partial charge in [-0.15, -0.1) is 11.3 Å². The number of benzene rings is 1. The van der Waals surface area contributed by atoms with Gasteiger partial charge in [-0.2, -0.15) is 0 Å². The molecule has 0 saturated carbocycles. The van der Waals surface area contributed by atoms with Gasteiger partial charge in [0.1, 0.15) is 0 Å². The molecule has 0 spiro atoms. The third-order valence-corrected chi connectivity index (χ3v) is 6.45. The number of nitrogens with one attached hydrogen (secondary N) is 1. The molecule has 9 heteroatoms. The van der Waals surface area contributed by atoms with Gasteiger partial charge in [-0.05, 0) is 42.4 Å². The second-order valence-corrected chi connectivity index (χ2v) is 8.24. The molecule has 0 radical (unpaired) electrons. The van der Waals surface area contributed by atoms with Gasteiger partial charge in [0.2, 0.25) is 0 Å². The average molecular weight is 426 g/mol. The molecule has 4 atom stereocenters. The van der Waals surface area contributed by atoms with Crippen LogP contribution in [0.25, 0.3) is 15.7 Å². The van der Waals surface area contributed by atoms with E-state index in [1.54, 1.807) is 0 Å². The van der Waals surface area contributed by atoms with Crippen molar-refractivity contribution in [3.05, 3.63) is 40.2 Å². The van der Waals surface area contributed by atoms with Gasteiger partial charge in [0.25, 0.3) is 0 Å². The molecule has 1 saturated heterocycles. The van der Waals surface area contributed by atoms with Gasteiger partial charge < -0.3 is 25.7 Å². The summed E-state index contributed by atoms with van der Waals surface area (Å²) in [7, 11) is 0. The Morgan fingerprint density at radius 3 is 2.39 bits per heavy atom. The molecule has 2 aliphatic rings. The number of aliphatic hydroxyl groups excluding tert-OH is 2. The first kappa shape index (κ1) is 20.8. The van der Waals surface area contributed by atoms with Crippen molar-refractivity contribution in [3.63, 3.8) is 0 Å². The van der Waals surface area contributed by atoms with Gasteiger partial charge >= 0.3 is 11.9 Å². The fourth-order valence-electron chi connectivity index (χ4n) is 3.36. The molecule has 4 rings (SSSR count). The van der Waals surface area contributed by atoms with E-state index >= 15 is 0 Å². The average Bonchev–Trinajstić information content (AvgIpc) is 3.24. The Morgan fingerprint density at radius 2 is 1.82 bits per heavy atom. The van der Waals surface area contributed by atoms with Crippen LogP contribution in [0.1, 0.15) is 24.1 Å². The van der Waals surface area contributed by atoms with E-state index in [9.17, 15) is 9.59 Å². The van der Waals surface area contributed by atoms with Crippen LogP contribution >= 0.6 is 22.9 Å². The number of carbonyl (C=O) groups is 2. The quantitative estimate of drug-likeness (QED) is 0.508. The fourth-order valence-corrected chi connectivity index (χ4v) is 4.75. The summed E-state index contributed by atoms with van der Waals surface area (Å²) in [5, 5.41) is 38.3. The van der Waals surface area contributed by atoms with E-state index in [0.29, 0.717) is 12.1 Å². The van der Waals surface area contributed by atoms with Crippen LogP contribution in [-0.2, 0) is 9.59 Å². The molecule has 1 aromatic carbocycles. The van der Waals surface area contributed by atoms with Crippen LogP contribution in [-0.4, -0.2) is 56.7 Å². The van der Waals surface area contributed by atoms with Crippen LogP contribution < -0.4 is 5.32 Å². The Labute approximate surface area is 169 Å². The normalized spacial score (nSPS) is 22.8. The van der Waals surface area contributed by atoms with E-state index in [2.05, 4.69) is 23.5 Å². The van der Waals surface area contributed by atoms with Gasteiger partial charge in [0.05, 0.1) is 9.72 Å². The van der Waals surface area contributed by atoms with E-state index in [4.69, 9.17) is 32.0 Å². The maximum absolute atomic E-state index is 9.77. The highest BCUT2D eigenvalue weighted by atomic mass is 35.5. The van der Waals surface area contributed by atoms with Gasteiger partial charge in [-0.3, -0.25) is 0 Å². The zero-order chi connectivity index (χ0) is 20.4. The van der Waals surface area contributed by atoms with Crippen molar-refractivity contribution in [2.45, 2.75) is 43.6 Å². The van der Waals surface area contributed by atoms with Crippen molar-refractivity contribution < 1.29 is 30.0 Å². The Bertz CT molecular complexity index is 908. The predicted molar refractivity (Wildman–Crippen MR) is 107 cm³/mol. The molecule has 2 aliphatic heterocycles. The summed E-state index contributed by atoms with van der Waals surface area (Å²) < 4.78 is 1.22. The number of halogens is 1. The Hall–Kier alpha value is -1.97. The minimum absolute atomic E-state index is 0.597. The van der Waals surface area contributed by atoms with Gasteiger partial charge in [0, 0.05) is 17.0 Å². The molecule has 150 valence electrons. The lowest BCUT2D eigenvalue weighted by Gasteiger charge is -2.20. The zero-order valence-electron chi connectivity index (χ0n) is 14.7. The SMILES string of the molecule is Clc1cccc2cc(C3=CC4CCC(C3)N4)sc12.O=C(O)[C@H](O)[C@@H](O)C(=O)O. The van der Waals surface area contributed by atoms with Crippen LogP contribution in [0.2, 0.25) is 5.02 Å². The maximum atomic E-state index is 9.77. The maximum Gasteiger partial charge on any atom is 0.335 e. The highest BCUT2D eigenvalue weighted by molar-refractivity contribution is 7.20.